The third-order valence-corrected chi connectivity index (χ3v) is 11.6. The molecular formula is C46H89NO5. The summed E-state index contributed by atoms with van der Waals surface area (Å²) in [5.41, 5.74) is 0.270. The number of unbranched alkanes of at least 4 members (excludes halogenated alkanes) is 20. The van der Waals surface area contributed by atoms with E-state index in [0.29, 0.717) is 32.0 Å². The van der Waals surface area contributed by atoms with Gasteiger partial charge in [0.1, 0.15) is 0 Å². The summed E-state index contributed by atoms with van der Waals surface area (Å²) in [5, 5.41) is 9.43. The zero-order valence-electron chi connectivity index (χ0n) is 35.2. The van der Waals surface area contributed by atoms with Crippen LogP contribution >= 0.6 is 0 Å². The molecule has 0 heterocycles. The molecule has 0 aromatic heterocycles. The van der Waals surface area contributed by atoms with Gasteiger partial charge in [-0.05, 0) is 83.2 Å². The molecule has 52 heavy (non-hydrogen) atoms. The topological polar surface area (TPSA) is 76.1 Å². The first-order valence-corrected chi connectivity index (χ1v) is 23.1. The zero-order valence-corrected chi connectivity index (χ0v) is 35.2. The van der Waals surface area contributed by atoms with Gasteiger partial charge in [0.2, 0.25) is 0 Å². The van der Waals surface area contributed by atoms with E-state index in [1.807, 2.05) is 0 Å². The lowest BCUT2D eigenvalue weighted by atomic mass is 9.95. The van der Waals surface area contributed by atoms with Crippen LogP contribution in [0.1, 0.15) is 233 Å². The fourth-order valence-electron chi connectivity index (χ4n) is 7.62. The van der Waals surface area contributed by atoms with E-state index in [2.05, 4.69) is 25.7 Å². The molecule has 0 aliphatic heterocycles. The predicted molar refractivity (Wildman–Crippen MR) is 221 cm³/mol. The summed E-state index contributed by atoms with van der Waals surface area (Å²) in [4.78, 5) is 27.3. The van der Waals surface area contributed by atoms with Gasteiger partial charge >= 0.3 is 11.9 Å². The van der Waals surface area contributed by atoms with E-state index in [-0.39, 0.29) is 24.0 Å². The Kier molecular flexibility index (Phi) is 33.4. The molecular weight excluding hydrogens is 647 g/mol. The van der Waals surface area contributed by atoms with Gasteiger partial charge in [-0.2, -0.15) is 0 Å². The number of aliphatic hydroxyl groups is 1. The van der Waals surface area contributed by atoms with E-state index < -0.39 is 0 Å². The van der Waals surface area contributed by atoms with Gasteiger partial charge in [0, 0.05) is 31.4 Å². The Labute approximate surface area is 323 Å². The van der Waals surface area contributed by atoms with Gasteiger partial charge in [0.25, 0.3) is 0 Å². The molecule has 1 N–H and O–H groups in total. The summed E-state index contributed by atoms with van der Waals surface area (Å²) in [5.74, 6) is 0.550. The molecule has 6 nitrogen and oxygen atoms in total. The van der Waals surface area contributed by atoms with Crippen molar-refractivity contribution in [2.75, 3.05) is 39.5 Å². The smallest absolute Gasteiger partial charge is 0.305 e. The number of nitrogens with zero attached hydrogens (tertiary/aromatic N) is 1. The van der Waals surface area contributed by atoms with Gasteiger partial charge in [-0.3, -0.25) is 9.59 Å². The zero-order chi connectivity index (χ0) is 37.8. The normalized spacial score (nSPS) is 13.7. The largest absolute Gasteiger partial charge is 0.465 e. The molecule has 0 saturated heterocycles. The molecule has 0 spiro atoms. The van der Waals surface area contributed by atoms with E-state index >= 15 is 0 Å². The number of hydrogen-bond donors (Lipinski definition) is 1. The summed E-state index contributed by atoms with van der Waals surface area (Å²) in [7, 11) is 0. The van der Waals surface area contributed by atoms with Crippen molar-refractivity contribution in [1.82, 2.24) is 4.90 Å². The number of carbonyl (C=O) groups is 2. The molecule has 0 radical (unpaired) electrons. The van der Waals surface area contributed by atoms with Crippen LogP contribution in [0.15, 0.2) is 0 Å². The van der Waals surface area contributed by atoms with Gasteiger partial charge in [-0.25, -0.2) is 0 Å². The summed E-state index contributed by atoms with van der Waals surface area (Å²) in [6.45, 7) is 11.5. The van der Waals surface area contributed by atoms with Crippen LogP contribution in [0.3, 0.4) is 0 Å². The van der Waals surface area contributed by atoms with Crippen LogP contribution in [0.25, 0.3) is 0 Å². The minimum Gasteiger partial charge on any atom is -0.465 e. The highest BCUT2D eigenvalue weighted by molar-refractivity contribution is 5.69. The fourth-order valence-corrected chi connectivity index (χ4v) is 7.62. The van der Waals surface area contributed by atoms with E-state index in [4.69, 9.17) is 9.47 Å². The van der Waals surface area contributed by atoms with E-state index in [0.717, 1.165) is 51.7 Å². The molecule has 0 aromatic carbocycles. The lowest BCUT2D eigenvalue weighted by molar-refractivity contribution is -0.146. The van der Waals surface area contributed by atoms with Crippen LogP contribution in [-0.2, 0) is 19.1 Å². The Balaban J connectivity index is 2.14. The first-order chi connectivity index (χ1) is 25.5. The molecule has 0 unspecified atom stereocenters. The van der Waals surface area contributed by atoms with E-state index in [1.54, 1.807) is 0 Å². The number of aliphatic hydroxyl groups excluding tert-OH is 1. The van der Waals surface area contributed by atoms with Crippen LogP contribution in [-0.4, -0.2) is 61.4 Å². The second kappa shape index (κ2) is 35.6. The second-order valence-electron chi connectivity index (χ2n) is 16.7. The minimum absolute atomic E-state index is 0.00423. The third-order valence-electron chi connectivity index (χ3n) is 11.6. The van der Waals surface area contributed by atoms with Crippen molar-refractivity contribution < 1.29 is 24.2 Å². The molecule has 0 aromatic rings. The number of rotatable bonds is 41. The van der Waals surface area contributed by atoms with E-state index in [9.17, 15) is 14.7 Å². The highest BCUT2D eigenvalue weighted by Crippen LogP contribution is 2.50. The van der Waals surface area contributed by atoms with Gasteiger partial charge in [0.15, 0.2) is 0 Å². The quantitative estimate of drug-likeness (QED) is 0.0498. The van der Waals surface area contributed by atoms with Crippen molar-refractivity contribution in [2.45, 2.75) is 233 Å². The van der Waals surface area contributed by atoms with Crippen molar-refractivity contribution in [3.63, 3.8) is 0 Å². The maximum atomic E-state index is 12.5. The standard InChI is InChI=1S/C46H89NO5/c1-4-7-10-13-14-18-25-33-45(50)52-42-46(35-36-46)34-26-21-28-38-47(39-29-40-48)37-27-20-15-19-24-32-44(49)51-41-43(30-22-16-11-8-5-2)31-23-17-12-9-6-3/h43,48H,4-42H2,1-3H3. The number of ether oxygens (including phenoxy) is 2. The number of carbonyl (C=O) groups excluding carboxylic acids is 2. The SMILES string of the molecule is CCCCCCCCCC(=O)OCC1(CCCCCN(CCCO)CCCCCCCC(=O)OCC(CCCCCCC)CCCCCCC)CC1. The van der Waals surface area contributed by atoms with Crippen molar-refractivity contribution in [3.05, 3.63) is 0 Å². The van der Waals surface area contributed by atoms with Crippen LogP contribution in [0.4, 0.5) is 0 Å². The molecule has 308 valence electrons. The Morgan fingerprint density at radius 3 is 1.46 bits per heavy atom. The van der Waals surface area contributed by atoms with E-state index in [1.165, 1.54) is 167 Å². The van der Waals surface area contributed by atoms with Gasteiger partial charge < -0.3 is 19.5 Å². The summed E-state index contributed by atoms with van der Waals surface area (Å²) in [6.07, 6.45) is 38.9. The summed E-state index contributed by atoms with van der Waals surface area (Å²) in [6, 6.07) is 0. The van der Waals surface area contributed by atoms with Gasteiger partial charge in [0.05, 0.1) is 13.2 Å². The van der Waals surface area contributed by atoms with Gasteiger partial charge in [-0.15, -0.1) is 0 Å². The number of esters is 2. The van der Waals surface area contributed by atoms with Crippen LogP contribution in [0, 0.1) is 11.3 Å². The monoisotopic (exact) mass is 736 g/mol. The fraction of sp³-hybridized carbons (Fsp3) is 0.957. The molecule has 1 aliphatic carbocycles. The summed E-state index contributed by atoms with van der Waals surface area (Å²) >= 11 is 0. The molecule has 1 fully saturated rings. The first-order valence-electron chi connectivity index (χ1n) is 23.1. The minimum atomic E-state index is 0.00423. The van der Waals surface area contributed by atoms with Crippen LogP contribution < -0.4 is 0 Å². The Morgan fingerprint density at radius 2 is 0.962 bits per heavy atom. The molecule has 1 aliphatic rings. The molecule has 6 heteroatoms. The van der Waals surface area contributed by atoms with Crippen molar-refractivity contribution in [3.8, 4) is 0 Å². The second-order valence-corrected chi connectivity index (χ2v) is 16.7. The molecule has 1 rings (SSSR count). The lowest BCUT2D eigenvalue weighted by Gasteiger charge is -2.22. The van der Waals surface area contributed by atoms with Crippen LogP contribution in [0.5, 0.6) is 0 Å². The molecule has 0 atom stereocenters. The van der Waals surface area contributed by atoms with Crippen molar-refractivity contribution in [1.29, 1.82) is 0 Å². The maximum absolute atomic E-state index is 12.5. The average Bonchev–Trinajstić information content (AvgIpc) is 3.93. The predicted octanol–water partition coefficient (Wildman–Crippen LogP) is 12.9. The maximum Gasteiger partial charge on any atom is 0.305 e. The molecule has 0 amide bonds. The number of hydrogen-bond acceptors (Lipinski definition) is 6. The van der Waals surface area contributed by atoms with Gasteiger partial charge in [-0.1, -0.05) is 156 Å². The van der Waals surface area contributed by atoms with Crippen molar-refractivity contribution in [2.24, 2.45) is 11.3 Å². The Hall–Kier alpha value is -1.14. The highest BCUT2D eigenvalue weighted by atomic mass is 16.5. The highest BCUT2D eigenvalue weighted by Gasteiger charge is 2.43. The summed E-state index contributed by atoms with van der Waals surface area (Å²) < 4.78 is 11.5. The lowest BCUT2D eigenvalue weighted by Crippen LogP contribution is -2.28. The average molecular weight is 736 g/mol. The molecule has 1 saturated carbocycles. The Morgan fingerprint density at radius 1 is 0.538 bits per heavy atom. The van der Waals surface area contributed by atoms with Crippen LogP contribution in [0.2, 0.25) is 0 Å². The third kappa shape index (κ3) is 30.2. The molecule has 0 bridgehead atoms. The Bertz CT molecular complexity index is 786. The van der Waals surface area contributed by atoms with Crippen molar-refractivity contribution >= 4 is 11.9 Å². The first kappa shape index (κ1) is 48.9.